The standard InChI is InChI=1S/C17H22ClNO/c1-16(2)13-7-8-17(16,3)15(10-13)19-20-11-12-5-4-6-14(18)9-12/h4-6,9,13H,7-8,10-11H2,1-3H3/b19-15+/t13-,17-/m1/s1. The van der Waals surface area contributed by atoms with Gasteiger partial charge in [0.15, 0.2) is 0 Å². The van der Waals surface area contributed by atoms with Crippen LogP contribution in [-0.2, 0) is 11.4 Å². The average Bonchev–Trinajstić information content (AvgIpc) is 2.72. The summed E-state index contributed by atoms with van der Waals surface area (Å²) in [5, 5.41) is 5.21. The second-order valence-corrected chi connectivity index (χ2v) is 7.37. The first-order valence-corrected chi connectivity index (χ1v) is 7.75. The lowest BCUT2D eigenvalue weighted by atomic mass is 9.70. The van der Waals surface area contributed by atoms with Gasteiger partial charge in [0.1, 0.15) is 6.61 Å². The van der Waals surface area contributed by atoms with Crippen LogP contribution in [0.2, 0.25) is 5.02 Å². The van der Waals surface area contributed by atoms with Gasteiger partial charge < -0.3 is 4.84 Å². The van der Waals surface area contributed by atoms with Gasteiger partial charge in [-0.3, -0.25) is 0 Å². The molecule has 1 aromatic carbocycles. The van der Waals surface area contributed by atoms with Gasteiger partial charge in [0.05, 0.1) is 5.71 Å². The Morgan fingerprint density at radius 2 is 2.15 bits per heavy atom. The molecule has 0 aliphatic heterocycles. The third-order valence-electron chi connectivity index (χ3n) is 5.81. The Balaban J connectivity index is 1.69. The minimum atomic E-state index is 0.214. The number of rotatable bonds is 3. The van der Waals surface area contributed by atoms with Crippen molar-refractivity contribution in [2.24, 2.45) is 21.9 Å². The lowest BCUT2D eigenvalue weighted by Crippen LogP contribution is -2.32. The van der Waals surface area contributed by atoms with Gasteiger partial charge in [-0.1, -0.05) is 49.7 Å². The molecule has 2 bridgehead atoms. The molecule has 2 aliphatic carbocycles. The quantitative estimate of drug-likeness (QED) is 0.713. The van der Waals surface area contributed by atoms with Crippen molar-refractivity contribution in [2.75, 3.05) is 0 Å². The molecule has 0 unspecified atom stereocenters. The predicted molar refractivity (Wildman–Crippen MR) is 82.9 cm³/mol. The van der Waals surface area contributed by atoms with E-state index in [0.717, 1.165) is 22.9 Å². The lowest BCUT2D eigenvalue weighted by Gasteiger charge is -2.34. The van der Waals surface area contributed by atoms with Gasteiger partial charge >= 0.3 is 0 Å². The van der Waals surface area contributed by atoms with Crippen LogP contribution in [-0.4, -0.2) is 5.71 Å². The number of hydrogen-bond acceptors (Lipinski definition) is 2. The van der Waals surface area contributed by atoms with Gasteiger partial charge in [-0.15, -0.1) is 0 Å². The van der Waals surface area contributed by atoms with Gasteiger partial charge in [-0.25, -0.2) is 0 Å². The van der Waals surface area contributed by atoms with E-state index >= 15 is 0 Å². The molecule has 108 valence electrons. The number of hydrogen-bond donors (Lipinski definition) is 0. The number of nitrogens with zero attached hydrogens (tertiary/aromatic N) is 1. The van der Waals surface area contributed by atoms with Crippen molar-refractivity contribution in [2.45, 2.75) is 46.6 Å². The van der Waals surface area contributed by atoms with Crippen LogP contribution in [0.25, 0.3) is 0 Å². The fourth-order valence-electron chi connectivity index (χ4n) is 3.88. The summed E-state index contributed by atoms with van der Waals surface area (Å²) in [6.07, 6.45) is 3.67. The number of oxime groups is 1. The van der Waals surface area contributed by atoms with E-state index in [0.29, 0.717) is 12.0 Å². The molecule has 0 spiro atoms. The highest BCUT2D eigenvalue weighted by Crippen LogP contribution is 2.63. The van der Waals surface area contributed by atoms with E-state index in [4.69, 9.17) is 16.4 Å². The highest BCUT2D eigenvalue weighted by atomic mass is 35.5. The third-order valence-corrected chi connectivity index (χ3v) is 6.04. The summed E-state index contributed by atoms with van der Waals surface area (Å²) >= 11 is 5.97. The first kappa shape index (κ1) is 13.9. The second kappa shape index (κ2) is 4.77. The molecule has 3 rings (SSSR count). The molecule has 0 saturated heterocycles. The van der Waals surface area contributed by atoms with Gasteiger partial charge in [-0.05, 0) is 48.3 Å². The van der Waals surface area contributed by atoms with Gasteiger partial charge in [0, 0.05) is 10.4 Å². The molecular formula is C17H22ClNO. The van der Waals surface area contributed by atoms with Gasteiger partial charge in [-0.2, -0.15) is 0 Å². The van der Waals surface area contributed by atoms with E-state index in [9.17, 15) is 0 Å². The summed E-state index contributed by atoms with van der Waals surface area (Å²) < 4.78 is 0. The molecule has 2 aliphatic rings. The van der Waals surface area contributed by atoms with Crippen molar-refractivity contribution in [1.29, 1.82) is 0 Å². The van der Waals surface area contributed by atoms with Crippen LogP contribution in [0.1, 0.15) is 45.6 Å². The zero-order valence-electron chi connectivity index (χ0n) is 12.4. The molecule has 2 atom stereocenters. The number of fused-ring (bicyclic) bond motifs is 2. The third kappa shape index (κ3) is 2.05. The molecule has 2 nitrogen and oxygen atoms in total. The highest BCUT2D eigenvalue weighted by Gasteiger charge is 2.60. The van der Waals surface area contributed by atoms with Crippen LogP contribution in [0, 0.1) is 16.7 Å². The zero-order chi connectivity index (χ0) is 14.4. The summed E-state index contributed by atoms with van der Waals surface area (Å²) in [6.45, 7) is 7.60. The van der Waals surface area contributed by atoms with Gasteiger partial charge in [0.25, 0.3) is 0 Å². The predicted octanol–water partition coefficient (Wildman–Crippen LogP) is 5.06. The Morgan fingerprint density at radius 1 is 1.35 bits per heavy atom. The largest absolute Gasteiger partial charge is 0.391 e. The Morgan fingerprint density at radius 3 is 2.75 bits per heavy atom. The van der Waals surface area contributed by atoms with Gasteiger partial charge in [0.2, 0.25) is 0 Å². The average molecular weight is 292 g/mol. The van der Waals surface area contributed by atoms with Crippen molar-refractivity contribution >= 4 is 17.3 Å². The fourth-order valence-corrected chi connectivity index (χ4v) is 4.09. The van der Waals surface area contributed by atoms with Crippen LogP contribution in [0.15, 0.2) is 29.4 Å². The molecule has 2 saturated carbocycles. The maximum atomic E-state index is 5.97. The fraction of sp³-hybridized carbons (Fsp3) is 0.588. The molecule has 0 amide bonds. The molecule has 2 fully saturated rings. The molecule has 1 aromatic rings. The molecule has 0 aromatic heterocycles. The van der Waals surface area contributed by atoms with Crippen LogP contribution >= 0.6 is 11.6 Å². The molecule has 0 heterocycles. The molecule has 0 N–H and O–H groups in total. The SMILES string of the molecule is CC1(C)[C@@H]2CC[C@]1(C)/C(=N/OCc1cccc(Cl)c1)C2. The summed E-state index contributed by atoms with van der Waals surface area (Å²) in [6, 6.07) is 7.75. The van der Waals surface area contributed by atoms with E-state index in [1.54, 1.807) is 0 Å². The highest BCUT2D eigenvalue weighted by molar-refractivity contribution is 6.30. The van der Waals surface area contributed by atoms with Crippen LogP contribution < -0.4 is 0 Å². The van der Waals surface area contributed by atoms with Crippen molar-refractivity contribution in [3.05, 3.63) is 34.9 Å². The van der Waals surface area contributed by atoms with E-state index in [1.165, 1.54) is 18.6 Å². The Labute approximate surface area is 126 Å². The monoisotopic (exact) mass is 291 g/mol. The summed E-state index contributed by atoms with van der Waals surface area (Å²) in [5.41, 5.74) is 2.88. The van der Waals surface area contributed by atoms with Crippen LogP contribution in [0.5, 0.6) is 0 Å². The number of halogens is 1. The summed E-state index contributed by atoms with van der Waals surface area (Å²) in [5.74, 6) is 0.765. The maximum absolute atomic E-state index is 5.97. The maximum Gasteiger partial charge on any atom is 0.142 e. The zero-order valence-corrected chi connectivity index (χ0v) is 13.2. The summed E-state index contributed by atoms with van der Waals surface area (Å²) in [4.78, 5) is 5.60. The molecule has 3 heteroatoms. The van der Waals surface area contributed by atoms with Crippen molar-refractivity contribution < 1.29 is 4.84 Å². The van der Waals surface area contributed by atoms with Crippen molar-refractivity contribution in [3.8, 4) is 0 Å². The Bertz CT molecular complexity index is 552. The smallest absolute Gasteiger partial charge is 0.142 e. The Kier molecular flexibility index (Phi) is 3.32. The Hall–Kier alpha value is -1.02. The van der Waals surface area contributed by atoms with E-state index in [-0.39, 0.29) is 5.41 Å². The van der Waals surface area contributed by atoms with E-state index in [2.05, 4.69) is 25.9 Å². The van der Waals surface area contributed by atoms with Crippen molar-refractivity contribution in [3.63, 3.8) is 0 Å². The van der Waals surface area contributed by atoms with Crippen molar-refractivity contribution in [1.82, 2.24) is 0 Å². The van der Waals surface area contributed by atoms with E-state index < -0.39 is 0 Å². The minimum absolute atomic E-state index is 0.214. The van der Waals surface area contributed by atoms with Crippen LogP contribution in [0.4, 0.5) is 0 Å². The molecular weight excluding hydrogens is 270 g/mol. The number of benzene rings is 1. The molecule has 0 radical (unpaired) electrons. The summed E-state index contributed by atoms with van der Waals surface area (Å²) in [7, 11) is 0. The topological polar surface area (TPSA) is 21.6 Å². The lowest BCUT2D eigenvalue weighted by molar-refractivity contribution is 0.123. The normalized spacial score (nSPS) is 32.8. The molecule has 20 heavy (non-hydrogen) atoms. The first-order valence-electron chi connectivity index (χ1n) is 7.37. The minimum Gasteiger partial charge on any atom is -0.391 e. The van der Waals surface area contributed by atoms with E-state index in [1.807, 2.05) is 24.3 Å². The second-order valence-electron chi connectivity index (χ2n) is 6.93. The van der Waals surface area contributed by atoms with Crippen LogP contribution in [0.3, 0.4) is 0 Å². The first-order chi connectivity index (χ1) is 9.43.